The molecule has 2 unspecified atom stereocenters. The fourth-order valence-corrected chi connectivity index (χ4v) is 3.29. The number of guanidine groups is 1. The monoisotopic (exact) mass is 460 g/mol. The SMILES string of the molecule is CCOC(=O)CCCCCOC1C(NC(=O)OC(C)(C)C)CCCN1C(N)=NC(C)(O)O. The van der Waals surface area contributed by atoms with Gasteiger partial charge in [0.15, 0.2) is 12.2 Å². The second-order valence-corrected chi connectivity index (χ2v) is 8.91. The summed E-state index contributed by atoms with van der Waals surface area (Å²) in [5.74, 6) is -2.64. The standard InChI is InChI=1S/C21H40N4O7/c1-6-30-16(26)12-8-7-9-14-31-17-15(23-19(27)32-20(2,3)4)11-10-13-25(17)18(22)24-21(5,28)29/h15,17,28-29H,6-14H2,1-5H3,(H2,22,24)(H,23,27). The van der Waals surface area contributed by atoms with Crippen LogP contribution in [0.5, 0.6) is 0 Å². The molecule has 0 radical (unpaired) electrons. The van der Waals surface area contributed by atoms with Crippen LogP contribution in [0.15, 0.2) is 4.99 Å². The van der Waals surface area contributed by atoms with Crippen molar-refractivity contribution >= 4 is 18.0 Å². The van der Waals surface area contributed by atoms with Gasteiger partial charge in [0, 0.05) is 26.5 Å². The lowest BCUT2D eigenvalue weighted by Gasteiger charge is -2.42. The van der Waals surface area contributed by atoms with Crippen LogP contribution >= 0.6 is 0 Å². The minimum Gasteiger partial charge on any atom is -0.466 e. The van der Waals surface area contributed by atoms with Gasteiger partial charge in [0.2, 0.25) is 0 Å². The maximum absolute atomic E-state index is 12.3. The number of nitrogens with two attached hydrogens (primary N) is 1. The summed E-state index contributed by atoms with van der Waals surface area (Å²) in [5.41, 5.74) is 5.37. The first-order valence-corrected chi connectivity index (χ1v) is 11.2. The first kappa shape index (κ1) is 27.9. The molecule has 1 aliphatic rings. The number of amides is 1. The Morgan fingerprint density at radius 1 is 1.19 bits per heavy atom. The van der Waals surface area contributed by atoms with E-state index in [0.29, 0.717) is 51.9 Å². The Morgan fingerprint density at radius 3 is 2.47 bits per heavy atom. The molecule has 1 amide bonds. The smallest absolute Gasteiger partial charge is 0.408 e. The lowest BCUT2D eigenvalue weighted by atomic mass is 10.0. The zero-order valence-corrected chi connectivity index (χ0v) is 19.9. The first-order chi connectivity index (χ1) is 14.8. The van der Waals surface area contributed by atoms with Gasteiger partial charge in [0.25, 0.3) is 5.91 Å². The van der Waals surface area contributed by atoms with Gasteiger partial charge in [-0.15, -0.1) is 0 Å². The molecule has 11 heteroatoms. The summed E-state index contributed by atoms with van der Waals surface area (Å²) in [6.45, 7) is 9.40. The molecule has 0 aromatic rings. The number of carbonyl (C=O) groups excluding carboxylic acids is 2. The molecule has 0 aromatic heterocycles. The maximum Gasteiger partial charge on any atom is 0.408 e. The molecule has 186 valence electrons. The Labute approximate surface area is 190 Å². The molecular weight excluding hydrogens is 420 g/mol. The van der Waals surface area contributed by atoms with Gasteiger partial charge in [-0.2, -0.15) is 4.99 Å². The van der Waals surface area contributed by atoms with Crippen LogP contribution in [0, 0.1) is 0 Å². The highest BCUT2D eigenvalue weighted by atomic mass is 16.6. The number of esters is 1. The largest absolute Gasteiger partial charge is 0.466 e. The molecule has 1 rings (SSSR count). The quantitative estimate of drug-likeness (QED) is 0.124. The summed E-state index contributed by atoms with van der Waals surface area (Å²) < 4.78 is 16.3. The van der Waals surface area contributed by atoms with Crippen molar-refractivity contribution in [3.05, 3.63) is 0 Å². The number of alkyl carbamates (subject to hydrolysis) is 1. The van der Waals surface area contributed by atoms with Crippen molar-refractivity contribution < 1.29 is 34.0 Å². The lowest BCUT2D eigenvalue weighted by molar-refractivity contribution is -0.143. The van der Waals surface area contributed by atoms with Crippen LogP contribution in [0.25, 0.3) is 0 Å². The molecule has 32 heavy (non-hydrogen) atoms. The Hall–Kier alpha value is -2.11. The number of piperidine rings is 1. The Morgan fingerprint density at radius 2 is 1.88 bits per heavy atom. The minimum atomic E-state index is -2.33. The van der Waals surface area contributed by atoms with Crippen LogP contribution in [-0.4, -0.2) is 76.7 Å². The second-order valence-electron chi connectivity index (χ2n) is 8.91. The number of aliphatic hydroxyl groups is 2. The number of unbranched alkanes of at least 4 members (excludes halogenated alkanes) is 2. The maximum atomic E-state index is 12.3. The van der Waals surface area contributed by atoms with Gasteiger partial charge < -0.3 is 40.4 Å². The molecule has 1 aliphatic heterocycles. The van der Waals surface area contributed by atoms with Crippen molar-refractivity contribution in [1.82, 2.24) is 10.2 Å². The molecule has 0 spiro atoms. The number of aliphatic imine (C=N–C) groups is 1. The van der Waals surface area contributed by atoms with Crippen LogP contribution in [0.2, 0.25) is 0 Å². The van der Waals surface area contributed by atoms with Crippen molar-refractivity contribution in [2.45, 2.75) is 96.9 Å². The summed E-state index contributed by atoms with van der Waals surface area (Å²) in [6, 6.07) is -0.435. The molecule has 0 aliphatic carbocycles. The number of hydrogen-bond acceptors (Lipinski definition) is 8. The molecule has 5 N–H and O–H groups in total. The van der Waals surface area contributed by atoms with Crippen LogP contribution in [-0.2, 0) is 19.0 Å². The fraction of sp³-hybridized carbons (Fsp3) is 0.857. The van der Waals surface area contributed by atoms with E-state index in [1.54, 1.807) is 32.6 Å². The van der Waals surface area contributed by atoms with E-state index >= 15 is 0 Å². The molecule has 1 saturated heterocycles. The number of ether oxygens (including phenoxy) is 3. The highest BCUT2D eigenvalue weighted by Gasteiger charge is 2.36. The predicted octanol–water partition coefficient (Wildman–Crippen LogP) is 1.41. The molecule has 11 nitrogen and oxygen atoms in total. The molecule has 2 atom stereocenters. The van der Waals surface area contributed by atoms with Gasteiger partial charge in [-0.3, -0.25) is 4.79 Å². The molecule has 0 saturated carbocycles. The molecule has 0 aromatic carbocycles. The van der Waals surface area contributed by atoms with Gasteiger partial charge in [0.05, 0.1) is 12.6 Å². The highest BCUT2D eigenvalue weighted by molar-refractivity contribution is 5.79. The van der Waals surface area contributed by atoms with Crippen molar-refractivity contribution in [2.24, 2.45) is 10.7 Å². The fourth-order valence-electron chi connectivity index (χ4n) is 3.29. The van der Waals surface area contributed by atoms with E-state index in [4.69, 9.17) is 19.9 Å². The third kappa shape index (κ3) is 11.5. The van der Waals surface area contributed by atoms with E-state index in [9.17, 15) is 19.8 Å². The Bertz CT molecular complexity index is 629. The zero-order valence-electron chi connectivity index (χ0n) is 19.9. The summed E-state index contributed by atoms with van der Waals surface area (Å²) in [7, 11) is 0. The second kappa shape index (κ2) is 12.8. The van der Waals surface area contributed by atoms with Gasteiger partial charge >= 0.3 is 12.1 Å². The van der Waals surface area contributed by atoms with E-state index in [2.05, 4.69) is 10.3 Å². The number of hydrogen-bond donors (Lipinski definition) is 4. The van der Waals surface area contributed by atoms with E-state index in [0.717, 1.165) is 13.3 Å². The van der Waals surface area contributed by atoms with Crippen LogP contribution in [0.1, 0.15) is 73.1 Å². The Kier molecular flexibility index (Phi) is 11.2. The average molecular weight is 461 g/mol. The molecule has 1 heterocycles. The van der Waals surface area contributed by atoms with Crippen molar-refractivity contribution in [1.29, 1.82) is 0 Å². The van der Waals surface area contributed by atoms with Gasteiger partial charge in [-0.05, 0) is 53.4 Å². The van der Waals surface area contributed by atoms with Crippen molar-refractivity contribution in [3.8, 4) is 0 Å². The summed E-state index contributed by atoms with van der Waals surface area (Å²) in [4.78, 5) is 29.0. The van der Waals surface area contributed by atoms with Gasteiger partial charge in [-0.25, -0.2) is 4.79 Å². The summed E-state index contributed by atoms with van der Waals surface area (Å²) in [5, 5.41) is 22.0. The number of likely N-dealkylation sites (tertiary alicyclic amines) is 1. The summed E-state index contributed by atoms with van der Waals surface area (Å²) in [6.07, 6.45) is 2.59. The number of carbonyl (C=O) groups is 2. The van der Waals surface area contributed by atoms with E-state index < -0.39 is 29.9 Å². The highest BCUT2D eigenvalue weighted by Crippen LogP contribution is 2.21. The van der Waals surface area contributed by atoms with E-state index in [-0.39, 0.29) is 11.9 Å². The molecule has 1 fully saturated rings. The molecule has 0 bridgehead atoms. The number of nitrogens with one attached hydrogen (secondary N) is 1. The third-order valence-electron chi connectivity index (χ3n) is 4.51. The summed E-state index contributed by atoms with van der Waals surface area (Å²) >= 11 is 0. The topological polar surface area (TPSA) is 156 Å². The number of nitrogens with zero attached hydrogens (tertiary/aromatic N) is 2. The molecular formula is C21H40N4O7. The van der Waals surface area contributed by atoms with Gasteiger partial charge in [0.1, 0.15) is 5.60 Å². The third-order valence-corrected chi connectivity index (χ3v) is 4.51. The van der Waals surface area contributed by atoms with Gasteiger partial charge in [-0.1, -0.05) is 6.42 Å². The normalized spacial score (nSPS) is 20.1. The van der Waals surface area contributed by atoms with Crippen LogP contribution < -0.4 is 11.1 Å². The lowest BCUT2D eigenvalue weighted by Crippen LogP contribution is -2.60. The predicted molar refractivity (Wildman–Crippen MR) is 118 cm³/mol. The first-order valence-electron chi connectivity index (χ1n) is 11.2. The minimum absolute atomic E-state index is 0.0968. The van der Waals surface area contributed by atoms with Crippen LogP contribution in [0.3, 0.4) is 0 Å². The number of rotatable bonds is 10. The van der Waals surface area contributed by atoms with E-state index in [1.807, 2.05) is 0 Å². The van der Waals surface area contributed by atoms with Crippen molar-refractivity contribution in [3.63, 3.8) is 0 Å². The van der Waals surface area contributed by atoms with E-state index in [1.165, 1.54) is 0 Å². The average Bonchev–Trinajstić information content (AvgIpc) is 2.62. The van der Waals surface area contributed by atoms with Crippen molar-refractivity contribution in [2.75, 3.05) is 19.8 Å². The zero-order chi connectivity index (χ0) is 24.4. The Balaban J connectivity index is 2.77. The van der Waals surface area contributed by atoms with Crippen LogP contribution in [0.4, 0.5) is 4.79 Å².